The lowest BCUT2D eigenvalue weighted by atomic mass is 10.1. The highest BCUT2D eigenvalue weighted by atomic mass is 32.2. The van der Waals surface area contributed by atoms with E-state index in [1.165, 1.54) is 0 Å². The molecule has 0 spiro atoms. The molecule has 0 saturated heterocycles. The van der Waals surface area contributed by atoms with Crippen LogP contribution in [0.2, 0.25) is 0 Å². The summed E-state index contributed by atoms with van der Waals surface area (Å²) in [7, 11) is -0.615. The predicted octanol–water partition coefficient (Wildman–Crippen LogP) is 3.52. The molecule has 0 N–H and O–H groups in total. The van der Waals surface area contributed by atoms with Crippen LogP contribution >= 0.6 is 11.8 Å². The third kappa shape index (κ3) is 4.30. The van der Waals surface area contributed by atoms with Crippen molar-refractivity contribution in [3.63, 3.8) is 0 Å². The largest absolute Gasteiger partial charge is 0.748 e. The van der Waals surface area contributed by atoms with E-state index in [9.17, 15) is 13.0 Å². The van der Waals surface area contributed by atoms with Gasteiger partial charge >= 0.3 is 0 Å². The molecule has 8 heteroatoms. The zero-order valence-corrected chi connectivity index (χ0v) is 18.4. The summed E-state index contributed by atoms with van der Waals surface area (Å²) in [5.41, 5.74) is 3.16. The fourth-order valence-electron chi connectivity index (χ4n) is 3.59. The van der Waals surface area contributed by atoms with Crippen LogP contribution in [0.25, 0.3) is 17.0 Å². The van der Waals surface area contributed by atoms with Crippen molar-refractivity contribution >= 4 is 44.5 Å². The summed E-state index contributed by atoms with van der Waals surface area (Å²) in [5, 5.41) is 2.12. The number of hydrogen-bond acceptors (Lipinski definition) is 6. The van der Waals surface area contributed by atoms with E-state index in [0.29, 0.717) is 6.54 Å². The molecule has 0 unspecified atom stereocenters. The Labute approximate surface area is 180 Å². The van der Waals surface area contributed by atoms with Gasteiger partial charge in [-0.1, -0.05) is 23.9 Å². The molecule has 0 aliphatic carbocycles. The number of anilines is 1. The van der Waals surface area contributed by atoms with Crippen LogP contribution in [-0.2, 0) is 17.2 Å². The Bertz CT molecular complexity index is 1240. The zero-order valence-electron chi connectivity index (χ0n) is 16.7. The normalized spacial score (nSPS) is 15.0. The van der Waals surface area contributed by atoms with Crippen LogP contribution in [0.3, 0.4) is 0 Å². The first-order valence-corrected chi connectivity index (χ1v) is 11.9. The average Bonchev–Trinajstić information content (AvgIpc) is 3.06. The van der Waals surface area contributed by atoms with Crippen molar-refractivity contribution < 1.29 is 22.3 Å². The Morgan fingerprint density at radius 2 is 2.00 bits per heavy atom. The van der Waals surface area contributed by atoms with Crippen LogP contribution < -0.4 is 14.2 Å². The molecule has 4 rings (SSSR count). The molecule has 0 fully saturated rings. The van der Waals surface area contributed by atoms with Gasteiger partial charge in [0.15, 0.2) is 6.20 Å². The molecule has 3 aromatic rings. The van der Waals surface area contributed by atoms with E-state index in [-0.39, 0.29) is 12.2 Å². The van der Waals surface area contributed by atoms with E-state index >= 15 is 0 Å². The summed E-state index contributed by atoms with van der Waals surface area (Å²) in [6.07, 6.45) is 4.40. The number of hydrogen-bond donors (Lipinski definition) is 0. The Balaban J connectivity index is 1.75. The minimum atomic E-state index is -4.25. The van der Waals surface area contributed by atoms with Gasteiger partial charge in [0, 0.05) is 35.4 Å². The quantitative estimate of drug-likeness (QED) is 0.430. The average molecular weight is 443 g/mol. The van der Waals surface area contributed by atoms with Gasteiger partial charge in [0.25, 0.3) is 0 Å². The van der Waals surface area contributed by atoms with Crippen molar-refractivity contribution in [2.45, 2.75) is 11.3 Å². The molecule has 0 atom stereocenters. The minimum absolute atomic E-state index is 0.255. The lowest BCUT2D eigenvalue weighted by molar-refractivity contribution is -0.644. The summed E-state index contributed by atoms with van der Waals surface area (Å²) in [6, 6.07) is 16.1. The summed E-state index contributed by atoms with van der Waals surface area (Å²) in [4.78, 5) is 3.13. The molecule has 1 aromatic heterocycles. The van der Waals surface area contributed by atoms with Crippen LogP contribution in [-0.4, -0.2) is 32.4 Å². The Morgan fingerprint density at radius 3 is 2.77 bits per heavy atom. The van der Waals surface area contributed by atoms with E-state index in [0.717, 1.165) is 37.8 Å². The highest BCUT2D eigenvalue weighted by Crippen LogP contribution is 2.48. The third-order valence-corrected chi connectivity index (χ3v) is 6.97. The Morgan fingerprint density at radius 1 is 1.20 bits per heavy atom. The van der Waals surface area contributed by atoms with Crippen molar-refractivity contribution in [1.82, 2.24) is 0 Å². The summed E-state index contributed by atoms with van der Waals surface area (Å²) in [6.45, 7) is 0.430. The SMILES string of the molecule is COc1ccc2c(c1)N(CCCS(=O)(=O)[O-])/C(=C\c1cc[n+](C)c3ccccc13)S2. The van der Waals surface area contributed by atoms with Gasteiger partial charge < -0.3 is 14.2 Å². The number of benzene rings is 2. The number of fused-ring (bicyclic) bond motifs is 2. The summed E-state index contributed by atoms with van der Waals surface area (Å²) in [5.74, 6) is 0.347. The van der Waals surface area contributed by atoms with Crippen molar-refractivity contribution in [3.8, 4) is 5.75 Å². The topological polar surface area (TPSA) is 73.5 Å². The number of ether oxygens (including phenoxy) is 1. The minimum Gasteiger partial charge on any atom is -0.748 e. The second-order valence-corrected chi connectivity index (χ2v) is 9.67. The first kappa shape index (κ1) is 20.7. The first-order valence-electron chi connectivity index (χ1n) is 9.52. The first-order chi connectivity index (χ1) is 14.4. The van der Waals surface area contributed by atoms with Gasteiger partial charge in [0.05, 0.1) is 33.3 Å². The van der Waals surface area contributed by atoms with Gasteiger partial charge in [-0.2, -0.15) is 0 Å². The lowest BCUT2D eigenvalue weighted by Crippen LogP contribution is -2.28. The van der Waals surface area contributed by atoms with E-state index in [4.69, 9.17) is 4.74 Å². The molecule has 1 aliphatic rings. The van der Waals surface area contributed by atoms with Gasteiger partial charge in [-0.3, -0.25) is 0 Å². The number of aryl methyl sites for hydroxylation is 1. The van der Waals surface area contributed by atoms with E-state index < -0.39 is 10.1 Å². The number of para-hydroxylation sites is 1. The standard InChI is InChI=1S/C22H22N2O4S2/c1-23-12-10-16(18-6-3-4-7-19(18)23)14-22-24(11-5-13-30(25,26)27)20-15-17(28-2)8-9-21(20)29-22/h3-4,6-10,12,14-15H,5,11,13H2,1-2H3. The van der Waals surface area contributed by atoms with Gasteiger partial charge in [0.2, 0.25) is 5.52 Å². The smallest absolute Gasteiger partial charge is 0.212 e. The van der Waals surface area contributed by atoms with E-state index in [1.54, 1.807) is 18.9 Å². The summed E-state index contributed by atoms with van der Waals surface area (Å²) >= 11 is 1.63. The second-order valence-electron chi connectivity index (χ2n) is 7.08. The van der Waals surface area contributed by atoms with Crippen LogP contribution in [0.1, 0.15) is 12.0 Å². The van der Waals surface area contributed by atoms with E-state index in [2.05, 4.69) is 33.7 Å². The van der Waals surface area contributed by atoms with Crippen LogP contribution in [0, 0.1) is 0 Å². The molecule has 0 bridgehead atoms. The zero-order chi connectivity index (χ0) is 21.3. The van der Waals surface area contributed by atoms with Gasteiger partial charge in [-0.25, -0.2) is 13.0 Å². The fourth-order valence-corrected chi connectivity index (χ4v) is 5.20. The lowest BCUT2D eigenvalue weighted by Gasteiger charge is -2.21. The molecule has 156 valence electrons. The van der Waals surface area contributed by atoms with Crippen molar-refractivity contribution in [1.29, 1.82) is 0 Å². The Hall–Kier alpha value is -2.55. The van der Waals surface area contributed by atoms with Crippen LogP contribution in [0.4, 0.5) is 5.69 Å². The highest BCUT2D eigenvalue weighted by molar-refractivity contribution is 8.03. The van der Waals surface area contributed by atoms with Crippen LogP contribution in [0.15, 0.2) is 64.7 Å². The highest BCUT2D eigenvalue weighted by Gasteiger charge is 2.26. The fraction of sp³-hybridized carbons (Fsp3) is 0.227. The number of nitrogens with zero attached hydrogens (tertiary/aromatic N) is 2. The molecular weight excluding hydrogens is 420 g/mol. The Kier molecular flexibility index (Phi) is 5.73. The molecule has 0 radical (unpaired) electrons. The number of aromatic nitrogens is 1. The monoisotopic (exact) mass is 442 g/mol. The van der Waals surface area contributed by atoms with Gasteiger partial charge in [0.1, 0.15) is 12.8 Å². The van der Waals surface area contributed by atoms with E-state index in [1.807, 2.05) is 43.6 Å². The van der Waals surface area contributed by atoms with Crippen molar-refractivity contribution in [2.24, 2.45) is 7.05 Å². The summed E-state index contributed by atoms with van der Waals surface area (Å²) < 4.78 is 40.7. The third-order valence-electron chi connectivity index (χ3n) is 5.07. The van der Waals surface area contributed by atoms with Crippen LogP contribution in [0.5, 0.6) is 5.75 Å². The number of rotatable bonds is 6. The molecule has 0 saturated carbocycles. The molecular formula is C22H22N2O4S2. The van der Waals surface area contributed by atoms with Crippen molar-refractivity contribution in [2.75, 3.05) is 24.3 Å². The number of pyridine rings is 1. The van der Waals surface area contributed by atoms with Gasteiger partial charge in [-0.05, 0) is 36.3 Å². The van der Waals surface area contributed by atoms with Crippen molar-refractivity contribution in [3.05, 3.63) is 65.3 Å². The number of methoxy groups -OCH3 is 1. The maximum atomic E-state index is 11.1. The number of thioether (sulfide) groups is 1. The molecule has 2 heterocycles. The molecule has 2 aromatic carbocycles. The molecule has 0 amide bonds. The molecule has 6 nitrogen and oxygen atoms in total. The molecule has 1 aliphatic heterocycles. The maximum Gasteiger partial charge on any atom is 0.212 e. The second kappa shape index (κ2) is 8.29. The maximum absolute atomic E-state index is 11.1. The van der Waals surface area contributed by atoms with Gasteiger partial charge in [-0.15, -0.1) is 0 Å². The molecule has 30 heavy (non-hydrogen) atoms. The predicted molar refractivity (Wildman–Crippen MR) is 118 cm³/mol.